The van der Waals surface area contributed by atoms with Gasteiger partial charge in [0, 0.05) is 43.9 Å². The largest absolute Gasteiger partial charge is 0.356 e. The summed E-state index contributed by atoms with van der Waals surface area (Å²) in [4.78, 5) is 20.9. The van der Waals surface area contributed by atoms with Gasteiger partial charge in [-0.05, 0) is 19.3 Å². The first-order chi connectivity index (χ1) is 8.34. The van der Waals surface area contributed by atoms with Gasteiger partial charge in [0.1, 0.15) is 5.82 Å². The molecular formula is C12H18N4O. The number of nitrogens with one attached hydrogen (secondary N) is 2. The topological polar surface area (TPSA) is 61.0 Å². The van der Waals surface area contributed by atoms with E-state index in [0.717, 1.165) is 44.1 Å². The van der Waals surface area contributed by atoms with Crippen LogP contribution in [0.4, 0.5) is 5.82 Å². The molecule has 0 radical (unpaired) electrons. The number of aromatic nitrogens is 2. The molecule has 5 heteroatoms. The molecule has 0 aliphatic carbocycles. The van der Waals surface area contributed by atoms with E-state index in [1.165, 1.54) is 24.8 Å². The average Bonchev–Trinajstić information content (AvgIpc) is 2.39. The molecule has 1 aromatic heterocycles. The summed E-state index contributed by atoms with van der Waals surface area (Å²) in [7, 11) is 0. The van der Waals surface area contributed by atoms with Crippen molar-refractivity contribution < 1.29 is 0 Å². The van der Waals surface area contributed by atoms with Gasteiger partial charge in [-0.25, -0.2) is 4.79 Å². The second-order valence-corrected chi connectivity index (χ2v) is 4.80. The van der Waals surface area contributed by atoms with Crippen molar-refractivity contribution in [2.24, 2.45) is 0 Å². The Kier molecular flexibility index (Phi) is 2.84. The van der Waals surface area contributed by atoms with Crippen molar-refractivity contribution in [3.8, 4) is 0 Å². The number of piperidine rings is 1. The third-order valence-electron chi connectivity index (χ3n) is 3.61. The summed E-state index contributed by atoms with van der Waals surface area (Å²) < 4.78 is 0. The highest BCUT2D eigenvalue weighted by atomic mass is 16.1. The summed E-state index contributed by atoms with van der Waals surface area (Å²) in [5, 5.41) is 3.35. The van der Waals surface area contributed by atoms with Crippen molar-refractivity contribution in [3.63, 3.8) is 0 Å². The molecule has 5 nitrogen and oxygen atoms in total. The normalized spacial score (nSPS) is 20.1. The molecule has 17 heavy (non-hydrogen) atoms. The van der Waals surface area contributed by atoms with Crippen LogP contribution in [0.25, 0.3) is 0 Å². The van der Waals surface area contributed by atoms with Crippen molar-refractivity contribution in [1.82, 2.24) is 15.3 Å². The summed E-state index contributed by atoms with van der Waals surface area (Å²) >= 11 is 0. The molecule has 2 aliphatic rings. The Morgan fingerprint density at radius 2 is 2.00 bits per heavy atom. The first-order valence-corrected chi connectivity index (χ1v) is 6.42. The third-order valence-corrected chi connectivity index (χ3v) is 3.61. The summed E-state index contributed by atoms with van der Waals surface area (Å²) in [6, 6.07) is 0. The van der Waals surface area contributed by atoms with Crippen LogP contribution in [0, 0.1) is 0 Å². The standard InChI is InChI=1S/C12H18N4O/c17-12-14-10-4-5-13-8-9(10)11(15-12)16-6-2-1-3-7-16/h13H,1-8H2,(H,14,15,17). The third kappa shape index (κ3) is 2.07. The number of hydrogen-bond acceptors (Lipinski definition) is 4. The van der Waals surface area contributed by atoms with Gasteiger partial charge in [-0.15, -0.1) is 0 Å². The quantitative estimate of drug-likeness (QED) is 0.738. The molecule has 3 heterocycles. The SMILES string of the molecule is O=c1nc(N2CCCCC2)c2c([nH]1)CCNC2. The van der Waals surface area contributed by atoms with E-state index in [4.69, 9.17) is 0 Å². The zero-order chi connectivity index (χ0) is 11.7. The van der Waals surface area contributed by atoms with Crippen LogP contribution in [0.15, 0.2) is 4.79 Å². The lowest BCUT2D eigenvalue weighted by atomic mass is 10.1. The lowest BCUT2D eigenvalue weighted by Gasteiger charge is -2.31. The highest BCUT2D eigenvalue weighted by Gasteiger charge is 2.21. The number of aromatic amines is 1. The Morgan fingerprint density at radius 3 is 2.82 bits per heavy atom. The van der Waals surface area contributed by atoms with Gasteiger partial charge in [-0.3, -0.25) is 0 Å². The molecule has 2 N–H and O–H groups in total. The van der Waals surface area contributed by atoms with Crippen molar-refractivity contribution in [2.75, 3.05) is 24.5 Å². The number of fused-ring (bicyclic) bond motifs is 1. The van der Waals surface area contributed by atoms with E-state index in [-0.39, 0.29) is 5.69 Å². The summed E-state index contributed by atoms with van der Waals surface area (Å²) in [5.74, 6) is 0.913. The summed E-state index contributed by atoms with van der Waals surface area (Å²) in [5.41, 5.74) is 2.06. The summed E-state index contributed by atoms with van der Waals surface area (Å²) in [6.07, 6.45) is 4.60. The fraction of sp³-hybridized carbons (Fsp3) is 0.667. The number of nitrogens with zero attached hydrogens (tertiary/aromatic N) is 2. The van der Waals surface area contributed by atoms with Crippen molar-refractivity contribution in [2.45, 2.75) is 32.2 Å². The van der Waals surface area contributed by atoms with Crippen molar-refractivity contribution in [3.05, 3.63) is 21.7 Å². The van der Waals surface area contributed by atoms with E-state index in [1.54, 1.807) is 0 Å². The number of H-pyrrole nitrogens is 1. The minimum absolute atomic E-state index is 0.203. The van der Waals surface area contributed by atoms with Crippen LogP contribution in [0.5, 0.6) is 0 Å². The molecule has 0 unspecified atom stereocenters. The van der Waals surface area contributed by atoms with E-state index in [2.05, 4.69) is 20.2 Å². The molecule has 3 rings (SSSR count). The monoisotopic (exact) mass is 234 g/mol. The van der Waals surface area contributed by atoms with Gasteiger partial charge in [0.25, 0.3) is 0 Å². The van der Waals surface area contributed by atoms with Crippen LogP contribution >= 0.6 is 0 Å². The highest BCUT2D eigenvalue weighted by molar-refractivity contribution is 5.49. The van der Waals surface area contributed by atoms with Crippen LogP contribution in [0.1, 0.15) is 30.5 Å². The lowest BCUT2D eigenvalue weighted by Crippen LogP contribution is -2.36. The number of hydrogen-bond donors (Lipinski definition) is 2. The Balaban J connectivity index is 2.01. The Bertz CT molecular complexity index is 462. The average molecular weight is 234 g/mol. The van der Waals surface area contributed by atoms with Crippen LogP contribution in [0.3, 0.4) is 0 Å². The van der Waals surface area contributed by atoms with Gasteiger partial charge in [0.15, 0.2) is 0 Å². The van der Waals surface area contributed by atoms with Crippen LogP contribution in [0.2, 0.25) is 0 Å². The highest BCUT2D eigenvalue weighted by Crippen LogP contribution is 2.24. The minimum Gasteiger partial charge on any atom is -0.356 e. The number of rotatable bonds is 1. The van der Waals surface area contributed by atoms with E-state index in [0.29, 0.717) is 0 Å². The van der Waals surface area contributed by atoms with E-state index < -0.39 is 0 Å². The molecule has 0 spiro atoms. The Hall–Kier alpha value is -1.36. The van der Waals surface area contributed by atoms with Gasteiger partial charge < -0.3 is 15.2 Å². The number of anilines is 1. The van der Waals surface area contributed by atoms with Gasteiger partial charge in [-0.1, -0.05) is 0 Å². The second-order valence-electron chi connectivity index (χ2n) is 4.80. The second kappa shape index (κ2) is 4.49. The van der Waals surface area contributed by atoms with Gasteiger partial charge >= 0.3 is 5.69 Å². The first-order valence-electron chi connectivity index (χ1n) is 6.42. The zero-order valence-corrected chi connectivity index (χ0v) is 9.96. The minimum atomic E-state index is -0.203. The molecule has 92 valence electrons. The van der Waals surface area contributed by atoms with Gasteiger partial charge in [0.2, 0.25) is 0 Å². The maximum Gasteiger partial charge on any atom is 0.347 e. The Labute approximate surface area is 100 Å². The molecule has 0 bridgehead atoms. The maximum absolute atomic E-state index is 11.6. The smallest absolute Gasteiger partial charge is 0.347 e. The fourth-order valence-electron chi connectivity index (χ4n) is 2.72. The van der Waals surface area contributed by atoms with Gasteiger partial charge in [0.05, 0.1) is 0 Å². The fourth-order valence-corrected chi connectivity index (χ4v) is 2.72. The molecule has 1 aromatic rings. The molecule has 0 amide bonds. The van der Waals surface area contributed by atoms with Crippen molar-refractivity contribution >= 4 is 5.82 Å². The molecular weight excluding hydrogens is 216 g/mol. The predicted octanol–water partition coefficient (Wildman–Crippen LogP) is 0.406. The molecule has 2 aliphatic heterocycles. The molecule has 1 saturated heterocycles. The van der Waals surface area contributed by atoms with Crippen LogP contribution in [-0.4, -0.2) is 29.6 Å². The van der Waals surface area contributed by atoms with Crippen LogP contribution in [-0.2, 0) is 13.0 Å². The molecule has 0 aromatic carbocycles. The summed E-state index contributed by atoms with van der Waals surface area (Å²) in [6.45, 7) is 3.82. The first kappa shape index (κ1) is 10.8. The molecule has 0 saturated carbocycles. The molecule has 0 atom stereocenters. The van der Waals surface area contributed by atoms with E-state index in [1.807, 2.05) is 0 Å². The molecule has 1 fully saturated rings. The zero-order valence-electron chi connectivity index (χ0n) is 9.96. The van der Waals surface area contributed by atoms with E-state index in [9.17, 15) is 4.79 Å². The lowest BCUT2D eigenvalue weighted by molar-refractivity contribution is 0.560. The maximum atomic E-state index is 11.6. The van der Waals surface area contributed by atoms with Crippen molar-refractivity contribution in [1.29, 1.82) is 0 Å². The van der Waals surface area contributed by atoms with E-state index >= 15 is 0 Å². The van der Waals surface area contributed by atoms with Gasteiger partial charge in [-0.2, -0.15) is 4.98 Å². The predicted molar refractivity (Wildman–Crippen MR) is 66.3 cm³/mol. The Morgan fingerprint density at radius 1 is 1.18 bits per heavy atom. The van der Waals surface area contributed by atoms with Crippen LogP contribution < -0.4 is 15.9 Å².